The fourth-order valence-corrected chi connectivity index (χ4v) is 4.33. The van der Waals surface area contributed by atoms with Crippen LogP contribution in [-0.4, -0.2) is 24.1 Å². The predicted molar refractivity (Wildman–Crippen MR) is 115 cm³/mol. The van der Waals surface area contributed by atoms with Crippen LogP contribution in [0.25, 0.3) is 0 Å². The smallest absolute Gasteiger partial charge is 0.251 e. The first-order chi connectivity index (χ1) is 14.1. The SMILES string of the molecule is O=C(NCc1ccco1)c1ccc2c(c1)N(CCc1cccc(Cl)c1)C(=O)CS2. The molecule has 0 radical (unpaired) electrons. The summed E-state index contributed by atoms with van der Waals surface area (Å²) in [6.45, 7) is 0.847. The van der Waals surface area contributed by atoms with Gasteiger partial charge in [-0.2, -0.15) is 0 Å². The van der Waals surface area contributed by atoms with Crippen molar-refractivity contribution in [3.05, 3.63) is 82.8 Å². The average Bonchev–Trinajstić information content (AvgIpc) is 3.24. The first-order valence-electron chi connectivity index (χ1n) is 9.22. The van der Waals surface area contributed by atoms with E-state index in [0.717, 1.165) is 16.1 Å². The molecule has 29 heavy (non-hydrogen) atoms. The Balaban J connectivity index is 1.51. The molecule has 148 valence electrons. The van der Waals surface area contributed by atoms with Gasteiger partial charge in [0.1, 0.15) is 5.76 Å². The minimum absolute atomic E-state index is 0.0395. The number of fused-ring (bicyclic) bond motifs is 1. The lowest BCUT2D eigenvalue weighted by atomic mass is 10.1. The minimum Gasteiger partial charge on any atom is -0.467 e. The van der Waals surface area contributed by atoms with Gasteiger partial charge in [-0.15, -0.1) is 11.8 Å². The van der Waals surface area contributed by atoms with E-state index in [9.17, 15) is 9.59 Å². The lowest BCUT2D eigenvalue weighted by molar-refractivity contribution is -0.116. The summed E-state index contributed by atoms with van der Waals surface area (Å²) in [6.07, 6.45) is 2.26. The molecule has 0 aliphatic carbocycles. The molecule has 1 aromatic heterocycles. The van der Waals surface area contributed by atoms with Crippen LogP contribution in [0.3, 0.4) is 0 Å². The van der Waals surface area contributed by atoms with Crippen LogP contribution >= 0.6 is 23.4 Å². The van der Waals surface area contributed by atoms with E-state index in [1.165, 1.54) is 11.8 Å². The molecule has 0 saturated carbocycles. The van der Waals surface area contributed by atoms with E-state index >= 15 is 0 Å². The summed E-state index contributed by atoms with van der Waals surface area (Å²) in [5.41, 5.74) is 2.36. The lowest BCUT2D eigenvalue weighted by Crippen LogP contribution is -2.37. The van der Waals surface area contributed by atoms with E-state index in [0.29, 0.717) is 41.6 Å². The number of hydrogen-bond acceptors (Lipinski definition) is 4. The van der Waals surface area contributed by atoms with Gasteiger partial charge in [-0.25, -0.2) is 0 Å². The van der Waals surface area contributed by atoms with Crippen molar-refractivity contribution in [2.75, 3.05) is 17.2 Å². The van der Waals surface area contributed by atoms with Crippen molar-refractivity contribution in [2.45, 2.75) is 17.9 Å². The maximum absolute atomic E-state index is 12.6. The monoisotopic (exact) mass is 426 g/mol. The van der Waals surface area contributed by atoms with Crippen molar-refractivity contribution in [2.24, 2.45) is 0 Å². The first-order valence-corrected chi connectivity index (χ1v) is 10.6. The molecule has 0 unspecified atom stereocenters. The number of nitrogens with zero attached hydrogens (tertiary/aromatic N) is 1. The van der Waals surface area contributed by atoms with E-state index in [4.69, 9.17) is 16.0 Å². The molecule has 5 nitrogen and oxygen atoms in total. The summed E-state index contributed by atoms with van der Waals surface area (Å²) in [6, 6.07) is 16.7. The third kappa shape index (κ3) is 4.66. The van der Waals surface area contributed by atoms with Gasteiger partial charge in [0.05, 0.1) is 24.2 Å². The van der Waals surface area contributed by atoms with Crippen LogP contribution in [0.15, 0.2) is 70.2 Å². The molecule has 7 heteroatoms. The molecule has 0 spiro atoms. The number of thioether (sulfide) groups is 1. The molecule has 0 bridgehead atoms. The Morgan fingerprint density at radius 3 is 2.86 bits per heavy atom. The summed E-state index contributed by atoms with van der Waals surface area (Å²) < 4.78 is 5.24. The molecule has 0 atom stereocenters. The second-order valence-corrected chi connectivity index (χ2v) is 8.11. The van der Waals surface area contributed by atoms with E-state index in [-0.39, 0.29) is 11.8 Å². The van der Waals surface area contributed by atoms with Crippen LogP contribution in [0.2, 0.25) is 5.02 Å². The molecule has 1 aliphatic heterocycles. The van der Waals surface area contributed by atoms with Crippen LogP contribution < -0.4 is 10.2 Å². The fourth-order valence-electron chi connectivity index (χ4n) is 3.20. The number of furan rings is 1. The predicted octanol–water partition coefficient (Wildman–Crippen LogP) is 4.54. The highest BCUT2D eigenvalue weighted by Crippen LogP contribution is 2.36. The van der Waals surface area contributed by atoms with Crippen LogP contribution in [0.1, 0.15) is 21.7 Å². The molecule has 3 aromatic rings. The van der Waals surface area contributed by atoms with Crippen LogP contribution in [0.4, 0.5) is 5.69 Å². The average molecular weight is 427 g/mol. The summed E-state index contributed by atoms with van der Waals surface area (Å²) in [5, 5.41) is 3.52. The van der Waals surface area contributed by atoms with Gasteiger partial charge in [0.15, 0.2) is 0 Å². The van der Waals surface area contributed by atoms with Crippen molar-refractivity contribution in [1.82, 2.24) is 5.32 Å². The standard InChI is InChI=1S/C22H19ClN2O3S/c23-17-4-1-3-15(11-17)8-9-25-19-12-16(6-7-20(19)29-14-21(25)26)22(27)24-13-18-5-2-10-28-18/h1-7,10-12H,8-9,13-14H2,(H,24,27). The van der Waals surface area contributed by atoms with Crippen LogP contribution in [0.5, 0.6) is 0 Å². The summed E-state index contributed by atoms with van der Waals surface area (Å²) in [4.78, 5) is 27.9. The van der Waals surface area contributed by atoms with Gasteiger partial charge in [-0.1, -0.05) is 23.7 Å². The van der Waals surface area contributed by atoms with E-state index in [1.54, 1.807) is 35.4 Å². The largest absolute Gasteiger partial charge is 0.467 e. The second kappa shape index (κ2) is 8.76. The molecule has 2 aromatic carbocycles. The number of nitrogens with one attached hydrogen (secondary N) is 1. The number of carbonyl (C=O) groups excluding carboxylic acids is 2. The number of anilines is 1. The normalized spacial score (nSPS) is 13.3. The highest BCUT2D eigenvalue weighted by atomic mass is 35.5. The third-order valence-corrected chi connectivity index (χ3v) is 5.96. The van der Waals surface area contributed by atoms with Gasteiger partial charge in [0, 0.05) is 22.0 Å². The lowest BCUT2D eigenvalue weighted by Gasteiger charge is -2.29. The zero-order valence-corrected chi connectivity index (χ0v) is 17.1. The quantitative estimate of drug-likeness (QED) is 0.628. The van der Waals surface area contributed by atoms with Gasteiger partial charge < -0.3 is 14.6 Å². The molecule has 2 heterocycles. The highest BCUT2D eigenvalue weighted by Gasteiger charge is 2.25. The number of amides is 2. The van der Waals surface area contributed by atoms with Crippen molar-refractivity contribution in [1.29, 1.82) is 0 Å². The van der Waals surface area contributed by atoms with Crippen molar-refractivity contribution >= 4 is 40.9 Å². The molecule has 1 aliphatic rings. The Morgan fingerprint density at radius 1 is 1.17 bits per heavy atom. The minimum atomic E-state index is -0.206. The van der Waals surface area contributed by atoms with Gasteiger partial charge in [-0.05, 0) is 54.4 Å². The van der Waals surface area contributed by atoms with Gasteiger partial charge in [-0.3, -0.25) is 9.59 Å². The third-order valence-electron chi connectivity index (χ3n) is 4.68. The molecule has 4 rings (SSSR count). The Labute approximate surface area is 178 Å². The summed E-state index contributed by atoms with van der Waals surface area (Å²) in [5.74, 6) is 0.914. The maximum atomic E-state index is 12.6. The van der Waals surface area contributed by atoms with Gasteiger partial charge in [0.25, 0.3) is 5.91 Å². The van der Waals surface area contributed by atoms with Crippen LogP contribution in [-0.2, 0) is 17.8 Å². The Hall–Kier alpha value is -2.70. The van der Waals surface area contributed by atoms with E-state index in [1.807, 2.05) is 30.3 Å². The number of hydrogen-bond donors (Lipinski definition) is 1. The van der Waals surface area contributed by atoms with Crippen molar-refractivity contribution < 1.29 is 14.0 Å². The second-order valence-electron chi connectivity index (χ2n) is 6.66. The molecule has 2 amide bonds. The summed E-state index contributed by atoms with van der Waals surface area (Å²) in [7, 11) is 0. The summed E-state index contributed by atoms with van der Waals surface area (Å²) >= 11 is 7.56. The zero-order chi connectivity index (χ0) is 20.2. The fraction of sp³-hybridized carbons (Fsp3) is 0.182. The van der Waals surface area contributed by atoms with E-state index in [2.05, 4.69) is 5.32 Å². The first kappa shape index (κ1) is 19.6. The number of benzene rings is 2. The Morgan fingerprint density at radius 2 is 2.07 bits per heavy atom. The Bertz CT molecular complexity index is 1040. The van der Waals surface area contributed by atoms with E-state index < -0.39 is 0 Å². The maximum Gasteiger partial charge on any atom is 0.251 e. The number of halogens is 1. The number of rotatable bonds is 6. The zero-order valence-electron chi connectivity index (χ0n) is 15.6. The molecule has 1 N–H and O–H groups in total. The highest BCUT2D eigenvalue weighted by molar-refractivity contribution is 8.00. The van der Waals surface area contributed by atoms with Gasteiger partial charge >= 0.3 is 0 Å². The topological polar surface area (TPSA) is 62.6 Å². The Kier molecular flexibility index (Phi) is 5.92. The molecular weight excluding hydrogens is 408 g/mol. The van der Waals surface area contributed by atoms with Crippen molar-refractivity contribution in [3.8, 4) is 0 Å². The molecule has 0 saturated heterocycles. The molecule has 0 fully saturated rings. The van der Waals surface area contributed by atoms with Gasteiger partial charge in [0.2, 0.25) is 5.91 Å². The number of carbonyl (C=O) groups is 2. The van der Waals surface area contributed by atoms with Crippen LogP contribution in [0, 0.1) is 0 Å². The molecular formula is C22H19ClN2O3S. The van der Waals surface area contributed by atoms with Crippen molar-refractivity contribution in [3.63, 3.8) is 0 Å².